The smallest absolute Gasteiger partial charge is 0.326 e. The second-order valence-electron chi connectivity index (χ2n) is 6.27. The number of carbonyl (C=O) groups excluding carboxylic acids is 2. The van der Waals surface area contributed by atoms with Crippen molar-refractivity contribution >= 4 is 44.4 Å². The van der Waals surface area contributed by atoms with Crippen LogP contribution >= 0.6 is 11.3 Å². The first kappa shape index (κ1) is 19.8. The van der Waals surface area contributed by atoms with Gasteiger partial charge in [-0.2, -0.15) is 4.99 Å². The molecule has 0 unspecified atom stereocenters. The topological polar surface area (TPSA) is 83.0 Å². The fourth-order valence-corrected chi connectivity index (χ4v) is 4.14. The van der Waals surface area contributed by atoms with Crippen LogP contribution in [-0.2, 0) is 16.1 Å². The molecule has 0 saturated heterocycles. The van der Waals surface area contributed by atoms with Crippen molar-refractivity contribution in [3.63, 3.8) is 0 Å². The van der Waals surface area contributed by atoms with E-state index in [4.69, 9.17) is 13.9 Å². The molecule has 4 rings (SSSR count). The minimum atomic E-state index is -0.655. The van der Waals surface area contributed by atoms with E-state index in [1.54, 1.807) is 43.3 Å². The second-order valence-corrected chi connectivity index (χ2v) is 7.28. The highest BCUT2D eigenvalue weighted by Crippen LogP contribution is 2.28. The molecular weight excluding hydrogens is 411 g/mol. The Bertz CT molecular complexity index is 1330. The molecule has 0 aliphatic heterocycles. The zero-order valence-corrected chi connectivity index (χ0v) is 17.0. The molecule has 2 aromatic carbocycles. The average Bonchev–Trinajstić information content (AvgIpc) is 3.30. The summed E-state index contributed by atoms with van der Waals surface area (Å²) in [4.78, 5) is 29.1. The molecule has 0 fully saturated rings. The maximum atomic E-state index is 14.5. The molecule has 154 valence electrons. The number of aromatic nitrogens is 1. The van der Waals surface area contributed by atoms with Gasteiger partial charge in [0, 0.05) is 5.39 Å². The fraction of sp³-hybridized carbons (Fsp3) is 0.190. The van der Waals surface area contributed by atoms with Gasteiger partial charge in [-0.25, -0.2) is 4.39 Å². The van der Waals surface area contributed by atoms with E-state index in [-0.39, 0.29) is 29.2 Å². The van der Waals surface area contributed by atoms with Crippen molar-refractivity contribution in [3.8, 4) is 5.75 Å². The Balaban J connectivity index is 1.83. The molecule has 9 heteroatoms. The van der Waals surface area contributed by atoms with Crippen LogP contribution in [0.25, 0.3) is 21.2 Å². The number of halogens is 1. The number of rotatable bonds is 5. The second kappa shape index (κ2) is 8.11. The van der Waals surface area contributed by atoms with Gasteiger partial charge in [0.15, 0.2) is 21.9 Å². The standard InChI is InChI=1S/C21H17FN2O5S/c1-3-28-17(25)11-24-18-13(22)7-5-9-16(18)30-21(24)23-20(26)15-10-12-6-4-8-14(27-2)19(12)29-15/h4-10H,3,11H2,1-2H3. The summed E-state index contributed by atoms with van der Waals surface area (Å²) in [5.41, 5.74) is 0.619. The SMILES string of the molecule is CCOC(=O)Cn1c(=NC(=O)c2cc3cccc(OC)c3o2)sc2cccc(F)c21. The van der Waals surface area contributed by atoms with Crippen molar-refractivity contribution in [2.24, 2.45) is 4.99 Å². The fourth-order valence-electron chi connectivity index (χ4n) is 3.10. The number of fused-ring (bicyclic) bond motifs is 2. The molecule has 30 heavy (non-hydrogen) atoms. The van der Waals surface area contributed by atoms with Crippen molar-refractivity contribution in [1.29, 1.82) is 0 Å². The molecule has 0 saturated carbocycles. The number of esters is 1. The van der Waals surface area contributed by atoms with Gasteiger partial charge in [-0.3, -0.25) is 9.59 Å². The Morgan fingerprint density at radius 2 is 2.03 bits per heavy atom. The zero-order valence-electron chi connectivity index (χ0n) is 16.2. The van der Waals surface area contributed by atoms with E-state index in [9.17, 15) is 14.0 Å². The van der Waals surface area contributed by atoms with Gasteiger partial charge in [0.1, 0.15) is 12.4 Å². The first-order chi connectivity index (χ1) is 14.5. The summed E-state index contributed by atoms with van der Waals surface area (Å²) < 4.78 is 32.2. The number of thiazole rings is 1. The summed E-state index contributed by atoms with van der Waals surface area (Å²) in [6.07, 6.45) is 0. The van der Waals surface area contributed by atoms with Crippen molar-refractivity contribution in [3.05, 3.63) is 58.8 Å². The quantitative estimate of drug-likeness (QED) is 0.450. The summed E-state index contributed by atoms with van der Waals surface area (Å²) in [5.74, 6) is -1.22. The van der Waals surface area contributed by atoms with E-state index >= 15 is 0 Å². The van der Waals surface area contributed by atoms with Crippen LogP contribution in [0.5, 0.6) is 5.75 Å². The number of amides is 1. The number of carbonyl (C=O) groups is 2. The highest BCUT2D eigenvalue weighted by atomic mass is 32.1. The van der Waals surface area contributed by atoms with Crippen LogP contribution in [0.4, 0.5) is 4.39 Å². The van der Waals surface area contributed by atoms with Crippen molar-refractivity contribution < 1.29 is 27.9 Å². The third-order valence-corrected chi connectivity index (χ3v) is 5.42. The van der Waals surface area contributed by atoms with Crippen LogP contribution in [0.15, 0.2) is 51.9 Å². The van der Waals surface area contributed by atoms with Crippen LogP contribution < -0.4 is 9.54 Å². The van der Waals surface area contributed by atoms with E-state index < -0.39 is 17.7 Å². The van der Waals surface area contributed by atoms with Gasteiger partial charge in [-0.15, -0.1) is 0 Å². The Kier molecular flexibility index (Phi) is 5.37. The molecule has 0 aliphatic carbocycles. The molecule has 2 heterocycles. The van der Waals surface area contributed by atoms with Gasteiger partial charge >= 0.3 is 11.9 Å². The number of methoxy groups -OCH3 is 1. The molecule has 0 radical (unpaired) electrons. The van der Waals surface area contributed by atoms with Crippen molar-refractivity contribution in [2.45, 2.75) is 13.5 Å². The molecule has 4 aromatic rings. The lowest BCUT2D eigenvalue weighted by molar-refractivity contribution is -0.143. The molecule has 2 aromatic heterocycles. The normalized spacial score (nSPS) is 11.9. The largest absolute Gasteiger partial charge is 0.493 e. The maximum Gasteiger partial charge on any atom is 0.326 e. The minimum Gasteiger partial charge on any atom is -0.493 e. The van der Waals surface area contributed by atoms with Crippen LogP contribution in [-0.4, -0.2) is 30.2 Å². The Labute approximate surface area is 174 Å². The molecule has 0 bridgehead atoms. The number of hydrogen-bond acceptors (Lipinski definition) is 6. The Hall–Kier alpha value is -3.46. The maximum absolute atomic E-state index is 14.5. The van der Waals surface area contributed by atoms with E-state index in [2.05, 4.69) is 4.99 Å². The van der Waals surface area contributed by atoms with Gasteiger partial charge in [-0.1, -0.05) is 29.5 Å². The highest BCUT2D eigenvalue weighted by Gasteiger charge is 2.18. The predicted molar refractivity (Wildman–Crippen MR) is 109 cm³/mol. The van der Waals surface area contributed by atoms with Gasteiger partial charge < -0.3 is 18.5 Å². The number of para-hydroxylation sites is 2. The van der Waals surface area contributed by atoms with E-state index in [1.165, 1.54) is 17.7 Å². The Morgan fingerprint density at radius 1 is 1.23 bits per heavy atom. The number of nitrogens with zero attached hydrogens (tertiary/aromatic N) is 2. The van der Waals surface area contributed by atoms with E-state index in [1.807, 2.05) is 0 Å². The number of benzene rings is 2. The van der Waals surface area contributed by atoms with Crippen LogP contribution in [0.2, 0.25) is 0 Å². The van der Waals surface area contributed by atoms with Crippen molar-refractivity contribution in [2.75, 3.05) is 13.7 Å². The molecule has 1 amide bonds. The number of ether oxygens (including phenoxy) is 2. The molecule has 0 atom stereocenters. The summed E-state index contributed by atoms with van der Waals surface area (Å²) in [6.45, 7) is 1.60. The van der Waals surface area contributed by atoms with Crippen molar-refractivity contribution in [1.82, 2.24) is 4.57 Å². The average molecular weight is 428 g/mol. The van der Waals surface area contributed by atoms with Crippen LogP contribution in [0.3, 0.4) is 0 Å². The highest BCUT2D eigenvalue weighted by molar-refractivity contribution is 7.16. The van der Waals surface area contributed by atoms with E-state index in [0.29, 0.717) is 21.4 Å². The third-order valence-electron chi connectivity index (χ3n) is 4.38. The first-order valence-corrected chi connectivity index (χ1v) is 9.92. The molecule has 7 nitrogen and oxygen atoms in total. The first-order valence-electron chi connectivity index (χ1n) is 9.11. The Morgan fingerprint density at radius 3 is 2.80 bits per heavy atom. The summed E-state index contributed by atoms with van der Waals surface area (Å²) in [6, 6.07) is 11.4. The van der Waals surface area contributed by atoms with Crippen LogP contribution in [0.1, 0.15) is 17.5 Å². The lowest BCUT2D eigenvalue weighted by atomic mass is 10.2. The van der Waals surface area contributed by atoms with Gasteiger partial charge in [0.25, 0.3) is 0 Å². The molecular formula is C21H17FN2O5S. The number of hydrogen-bond donors (Lipinski definition) is 0. The number of furan rings is 1. The lowest BCUT2D eigenvalue weighted by Crippen LogP contribution is -2.23. The van der Waals surface area contributed by atoms with Gasteiger partial charge in [0.05, 0.1) is 23.9 Å². The summed E-state index contributed by atoms with van der Waals surface area (Å²) in [7, 11) is 1.51. The van der Waals surface area contributed by atoms with Gasteiger partial charge in [-0.05, 0) is 31.2 Å². The third kappa shape index (κ3) is 3.59. The molecule has 0 aliphatic rings. The molecule has 0 N–H and O–H groups in total. The summed E-state index contributed by atoms with van der Waals surface area (Å²) >= 11 is 1.10. The monoisotopic (exact) mass is 428 g/mol. The predicted octanol–water partition coefficient (Wildman–Crippen LogP) is 3.90. The summed E-state index contributed by atoms with van der Waals surface area (Å²) in [5, 5.41) is 0.690. The zero-order chi connectivity index (χ0) is 21.3. The lowest BCUT2D eigenvalue weighted by Gasteiger charge is -2.05. The van der Waals surface area contributed by atoms with E-state index in [0.717, 1.165) is 11.3 Å². The van der Waals surface area contributed by atoms with Gasteiger partial charge in [0.2, 0.25) is 0 Å². The molecule has 0 spiro atoms. The minimum absolute atomic E-state index is 0.00936. The van der Waals surface area contributed by atoms with Crippen LogP contribution in [0, 0.1) is 5.82 Å².